The Morgan fingerprint density at radius 3 is 2.12 bits per heavy atom. The molecule has 0 spiro atoms. The molecule has 0 heterocycles. The van der Waals surface area contributed by atoms with Crippen LogP contribution in [0.1, 0.15) is 37.0 Å². The minimum absolute atomic E-state index is 0.0865. The van der Waals surface area contributed by atoms with E-state index in [2.05, 4.69) is 4.72 Å². The molecule has 0 aliphatic carbocycles. The number of carboxylic acids is 1. The molecular weight excluding hydrogens is 344 g/mol. The van der Waals surface area contributed by atoms with Crippen molar-refractivity contribution >= 4 is 21.9 Å². The molecule has 0 aromatic heterocycles. The molecule has 140 valence electrons. The van der Waals surface area contributed by atoms with E-state index in [0.717, 1.165) is 5.56 Å². The van der Waals surface area contributed by atoms with Crippen molar-refractivity contribution in [1.29, 1.82) is 0 Å². The fraction of sp³-hybridized carbons (Fsp3) is 0.529. The smallest absolute Gasteiger partial charge is 0.323 e. The van der Waals surface area contributed by atoms with Crippen LogP contribution in [0.5, 0.6) is 0 Å². The van der Waals surface area contributed by atoms with Crippen LogP contribution in [-0.4, -0.2) is 49.4 Å². The number of hydrogen-bond acceptors (Lipinski definition) is 4. The number of aliphatic carboxylic acids is 1. The molecule has 8 heteroatoms. The zero-order valence-corrected chi connectivity index (χ0v) is 16.1. The fourth-order valence-electron chi connectivity index (χ4n) is 2.80. The van der Waals surface area contributed by atoms with E-state index in [-0.39, 0.29) is 23.9 Å². The van der Waals surface area contributed by atoms with Crippen molar-refractivity contribution in [3.63, 3.8) is 0 Å². The lowest BCUT2D eigenvalue weighted by molar-refractivity contribution is -0.145. The van der Waals surface area contributed by atoms with Gasteiger partial charge in [-0.05, 0) is 45.7 Å². The van der Waals surface area contributed by atoms with Crippen LogP contribution in [0.25, 0.3) is 0 Å². The number of carbonyl (C=O) groups excluding carboxylic acids is 1. The first-order chi connectivity index (χ1) is 11.5. The molecule has 2 N–H and O–H groups in total. The van der Waals surface area contributed by atoms with Gasteiger partial charge < -0.3 is 10.0 Å². The average molecular weight is 370 g/mol. The van der Waals surface area contributed by atoms with E-state index in [1.807, 2.05) is 6.92 Å². The SMILES string of the molecule is Cc1cc(C)c(S(=O)(=O)NCCC(=O)N(CC(=O)O)C(C)C)c(C)c1. The van der Waals surface area contributed by atoms with Crippen LogP contribution in [-0.2, 0) is 19.6 Å². The van der Waals surface area contributed by atoms with E-state index in [9.17, 15) is 18.0 Å². The second-order valence-corrected chi connectivity index (χ2v) is 8.09. The highest BCUT2D eigenvalue weighted by molar-refractivity contribution is 7.89. The van der Waals surface area contributed by atoms with Crippen LogP contribution in [0.15, 0.2) is 17.0 Å². The van der Waals surface area contributed by atoms with Crippen LogP contribution in [0, 0.1) is 20.8 Å². The second-order valence-electron chi connectivity index (χ2n) is 6.38. The minimum Gasteiger partial charge on any atom is -0.480 e. The molecule has 7 nitrogen and oxygen atoms in total. The summed E-state index contributed by atoms with van der Waals surface area (Å²) in [6.45, 7) is 8.29. The number of aryl methyl sites for hydroxylation is 3. The summed E-state index contributed by atoms with van der Waals surface area (Å²) < 4.78 is 27.5. The van der Waals surface area contributed by atoms with E-state index in [0.29, 0.717) is 11.1 Å². The van der Waals surface area contributed by atoms with Crippen molar-refractivity contribution in [1.82, 2.24) is 9.62 Å². The van der Waals surface area contributed by atoms with Gasteiger partial charge in [0.15, 0.2) is 0 Å². The van der Waals surface area contributed by atoms with Crippen LogP contribution < -0.4 is 4.72 Å². The summed E-state index contributed by atoms with van der Waals surface area (Å²) >= 11 is 0. The Balaban J connectivity index is 2.81. The Morgan fingerprint density at radius 2 is 1.68 bits per heavy atom. The van der Waals surface area contributed by atoms with Gasteiger partial charge in [-0.25, -0.2) is 13.1 Å². The third kappa shape index (κ3) is 5.82. The highest BCUT2D eigenvalue weighted by Crippen LogP contribution is 2.21. The Kier molecular flexibility index (Phi) is 7.13. The zero-order chi connectivity index (χ0) is 19.4. The van der Waals surface area contributed by atoms with Gasteiger partial charge in [0.25, 0.3) is 0 Å². The molecule has 1 rings (SSSR count). The van der Waals surface area contributed by atoms with Gasteiger partial charge in [-0.15, -0.1) is 0 Å². The Morgan fingerprint density at radius 1 is 1.16 bits per heavy atom. The van der Waals surface area contributed by atoms with Gasteiger partial charge in [0.1, 0.15) is 6.54 Å². The van der Waals surface area contributed by atoms with E-state index in [1.54, 1.807) is 39.8 Å². The molecule has 1 aromatic carbocycles. The molecule has 25 heavy (non-hydrogen) atoms. The van der Waals surface area contributed by atoms with E-state index in [4.69, 9.17) is 5.11 Å². The Bertz CT molecular complexity index is 733. The first-order valence-corrected chi connectivity index (χ1v) is 9.52. The van der Waals surface area contributed by atoms with Crippen LogP contribution in [0.3, 0.4) is 0 Å². The predicted octanol–water partition coefficient (Wildman–Crippen LogP) is 1.60. The highest BCUT2D eigenvalue weighted by atomic mass is 32.2. The summed E-state index contributed by atoms with van der Waals surface area (Å²) in [5.41, 5.74) is 2.27. The summed E-state index contributed by atoms with van der Waals surface area (Å²) in [6.07, 6.45) is -0.103. The maximum Gasteiger partial charge on any atom is 0.323 e. The molecule has 0 fully saturated rings. The lowest BCUT2D eigenvalue weighted by Gasteiger charge is -2.25. The number of hydrogen-bond donors (Lipinski definition) is 2. The topological polar surface area (TPSA) is 104 Å². The van der Waals surface area contributed by atoms with Gasteiger partial charge in [-0.2, -0.15) is 0 Å². The van der Waals surface area contributed by atoms with Crippen molar-refractivity contribution < 1.29 is 23.1 Å². The van der Waals surface area contributed by atoms with Gasteiger partial charge in [-0.3, -0.25) is 9.59 Å². The molecule has 0 bridgehead atoms. The lowest BCUT2D eigenvalue weighted by atomic mass is 10.1. The number of amides is 1. The molecule has 0 saturated heterocycles. The van der Waals surface area contributed by atoms with Crippen LogP contribution in [0.2, 0.25) is 0 Å². The maximum atomic E-state index is 12.5. The van der Waals surface area contributed by atoms with Gasteiger partial charge in [0.05, 0.1) is 4.90 Å². The lowest BCUT2D eigenvalue weighted by Crippen LogP contribution is -2.42. The molecule has 1 aromatic rings. The largest absolute Gasteiger partial charge is 0.480 e. The third-order valence-corrected chi connectivity index (χ3v) is 5.52. The monoisotopic (exact) mass is 370 g/mol. The number of carboxylic acid groups (broad SMARTS) is 1. The normalized spacial score (nSPS) is 11.6. The molecular formula is C17H26N2O5S. The van der Waals surface area contributed by atoms with Crippen molar-refractivity contribution in [2.24, 2.45) is 0 Å². The van der Waals surface area contributed by atoms with Gasteiger partial charge in [0.2, 0.25) is 15.9 Å². The minimum atomic E-state index is -3.74. The quantitative estimate of drug-likeness (QED) is 0.723. The Hall–Kier alpha value is -1.93. The second kappa shape index (κ2) is 8.44. The van der Waals surface area contributed by atoms with E-state index < -0.39 is 28.4 Å². The highest BCUT2D eigenvalue weighted by Gasteiger charge is 2.22. The zero-order valence-electron chi connectivity index (χ0n) is 15.3. The van der Waals surface area contributed by atoms with Gasteiger partial charge >= 0.3 is 5.97 Å². The average Bonchev–Trinajstić information content (AvgIpc) is 2.42. The number of nitrogens with one attached hydrogen (secondary N) is 1. The third-order valence-electron chi connectivity index (χ3n) is 3.75. The van der Waals surface area contributed by atoms with Gasteiger partial charge in [0, 0.05) is 19.0 Å². The molecule has 0 saturated carbocycles. The summed E-state index contributed by atoms with van der Waals surface area (Å²) in [7, 11) is -3.74. The van der Waals surface area contributed by atoms with Crippen molar-refractivity contribution in [3.05, 3.63) is 28.8 Å². The van der Waals surface area contributed by atoms with Gasteiger partial charge in [-0.1, -0.05) is 17.7 Å². The molecule has 1 amide bonds. The molecule has 0 atom stereocenters. The maximum absolute atomic E-state index is 12.5. The Labute approximate surface area is 149 Å². The predicted molar refractivity (Wildman–Crippen MR) is 94.9 cm³/mol. The van der Waals surface area contributed by atoms with Crippen molar-refractivity contribution in [2.75, 3.05) is 13.1 Å². The first-order valence-electron chi connectivity index (χ1n) is 8.04. The van der Waals surface area contributed by atoms with Crippen molar-refractivity contribution in [3.8, 4) is 0 Å². The number of rotatable bonds is 8. The number of benzene rings is 1. The number of nitrogens with zero attached hydrogens (tertiary/aromatic N) is 1. The van der Waals surface area contributed by atoms with E-state index >= 15 is 0 Å². The van der Waals surface area contributed by atoms with Crippen molar-refractivity contribution in [2.45, 2.75) is 52.0 Å². The van der Waals surface area contributed by atoms with E-state index in [1.165, 1.54) is 4.90 Å². The van der Waals surface area contributed by atoms with Crippen LogP contribution in [0.4, 0.5) is 0 Å². The summed E-state index contributed by atoms with van der Waals surface area (Å²) in [5, 5.41) is 8.86. The first kappa shape index (κ1) is 21.1. The molecule has 0 aliphatic rings. The summed E-state index contributed by atoms with van der Waals surface area (Å²) in [6, 6.07) is 3.31. The molecule has 0 radical (unpaired) electrons. The summed E-state index contributed by atoms with van der Waals surface area (Å²) in [4.78, 5) is 24.4. The summed E-state index contributed by atoms with van der Waals surface area (Å²) in [5.74, 6) is -1.51. The number of carbonyl (C=O) groups is 2. The standard InChI is InChI=1S/C17H26N2O5S/c1-11(2)19(10-16(21)22)15(20)6-7-18-25(23,24)17-13(4)8-12(3)9-14(17)5/h8-9,11,18H,6-7,10H2,1-5H3,(H,21,22). The molecule has 0 aliphatic heterocycles. The van der Waals surface area contributed by atoms with Crippen LogP contribution >= 0.6 is 0 Å². The molecule has 0 unspecified atom stereocenters. The fourth-order valence-corrected chi connectivity index (χ4v) is 4.28. The number of sulfonamides is 1.